The molecule has 4 heteroatoms. The van der Waals surface area contributed by atoms with Crippen molar-refractivity contribution in [1.82, 2.24) is 15.1 Å². The summed E-state index contributed by atoms with van der Waals surface area (Å²) in [5.41, 5.74) is 5.18. The van der Waals surface area contributed by atoms with Crippen molar-refractivity contribution in [3.63, 3.8) is 0 Å². The highest BCUT2D eigenvalue weighted by Crippen LogP contribution is 2.29. The molecule has 1 aromatic heterocycles. The predicted molar refractivity (Wildman–Crippen MR) is 83.8 cm³/mol. The fraction of sp³-hybridized carbons (Fsp3) is 0.471. The third-order valence-electron chi connectivity index (χ3n) is 4.21. The molecule has 4 nitrogen and oxygen atoms in total. The molecule has 0 spiro atoms. The van der Waals surface area contributed by atoms with Crippen LogP contribution < -0.4 is 10.1 Å². The molecule has 1 atom stereocenters. The number of benzene rings is 1. The summed E-state index contributed by atoms with van der Waals surface area (Å²) in [6.07, 6.45) is 2.05. The van der Waals surface area contributed by atoms with Crippen LogP contribution in [-0.4, -0.2) is 23.4 Å². The number of hydrogen-bond donors (Lipinski definition) is 1. The number of methoxy groups -OCH3 is 1. The van der Waals surface area contributed by atoms with E-state index in [4.69, 9.17) is 4.74 Å². The van der Waals surface area contributed by atoms with Crippen LogP contribution in [0, 0.1) is 6.92 Å². The molecule has 0 radical (unpaired) electrons. The minimum absolute atomic E-state index is 0.338. The van der Waals surface area contributed by atoms with Crippen LogP contribution in [0.15, 0.2) is 24.3 Å². The van der Waals surface area contributed by atoms with E-state index >= 15 is 0 Å². The van der Waals surface area contributed by atoms with Crippen molar-refractivity contribution in [2.75, 3.05) is 13.7 Å². The van der Waals surface area contributed by atoms with Crippen molar-refractivity contribution < 1.29 is 4.74 Å². The second kappa shape index (κ2) is 5.90. The van der Waals surface area contributed by atoms with Crippen LogP contribution in [0.5, 0.6) is 5.75 Å². The molecular weight excluding hydrogens is 262 g/mol. The second-order valence-corrected chi connectivity index (χ2v) is 5.62. The van der Waals surface area contributed by atoms with Gasteiger partial charge in [-0.05, 0) is 56.1 Å². The Morgan fingerprint density at radius 3 is 3.00 bits per heavy atom. The maximum absolute atomic E-state index is 5.38. The molecule has 0 amide bonds. The van der Waals surface area contributed by atoms with Gasteiger partial charge in [-0.15, -0.1) is 0 Å². The van der Waals surface area contributed by atoms with Gasteiger partial charge < -0.3 is 10.1 Å². The molecule has 0 saturated carbocycles. The summed E-state index contributed by atoms with van der Waals surface area (Å²) < 4.78 is 7.49. The number of aryl methyl sites for hydroxylation is 2. The first kappa shape index (κ1) is 14.1. The van der Waals surface area contributed by atoms with Crippen molar-refractivity contribution in [1.29, 1.82) is 0 Å². The molecule has 112 valence electrons. The maximum atomic E-state index is 5.38. The van der Waals surface area contributed by atoms with Crippen molar-refractivity contribution in [2.24, 2.45) is 0 Å². The summed E-state index contributed by atoms with van der Waals surface area (Å²) in [7, 11) is 1.72. The number of nitrogens with zero attached hydrogens (tertiary/aromatic N) is 2. The summed E-state index contributed by atoms with van der Waals surface area (Å²) in [5, 5.41) is 8.19. The zero-order valence-electron chi connectivity index (χ0n) is 13.0. The van der Waals surface area contributed by atoms with Crippen molar-refractivity contribution in [2.45, 2.75) is 39.3 Å². The lowest BCUT2D eigenvalue weighted by molar-refractivity contribution is 0.410. The van der Waals surface area contributed by atoms with Crippen LogP contribution >= 0.6 is 0 Å². The molecule has 2 heterocycles. The predicted octanol–water partition coefficient (Wildman–Crippen LogP) is 2.65. The molecular formula is C17H23N3O. The first-order valence-corrected chi connectivity index (χ1v) is 7.64. The van der Waals surface area contributed by atoms with Gasteiger partial charge in [0.1, 0.15) is 5.75 Å². The Kier molecular flexibility index (Phi) is 3.97. The van der Waals surface area contributed by atoms with E-state index in [2.05, 4.69) is 53.2 Å². The smallest absolute Gasteiger partial charge is 0.119 e. The number of aromatic nitrogens is 2. The third-order valence-corrected chi connectivity index (χ3v) is 4.21. The Hall–Kier alpha value is -1.81. The Morgan fingerprint density at radius 1 is 1.38 bits per heavy atom. The molecule has 1 aliphatic heterocycles. The van der Waals surface area contributed by atoms with Gasteiger partial charge in [0, 0.05) is 24.7 Å². The summed E-state index contributed by atoms with van der Waals surface area (Å²) >= 11 is 0. The number of hydrogen-bond acceptors (Lipinski definition) is 3. The molecule has 0 bridgehead atoms. The SMILES string of the molecule is CCn1nc(C)cc1CC1NCCc2ccc(OC)cc21. The minimum Gasteiger partial charge on any atom is -0.497 e. The van der Waals surface area contributed by atoms with E-state index in [9.17, 15) is 0 Å². The van der Waals surface area contributed by atoms with E-state index in [1.165, 1.54) is 16.8 Å². The number of rotatable bonds is 4. The molecule has 1 aromatic carbocycles. The summed E-state index contributed by atoms with van der Waals surface area (Å²) in [6.45, 7) is 6.15. The highest BCUT2D eigenvalue weighted by Gasteiger charge is 2.22. The monoisotopic (exact) mass is 285 g/mol. The average Bonchev–Trinajstić information content (AvgIpc) is 2.87. The highest BCUT2D eigenvalue weighted by molar-refractivity contribution is 5.40. The molecule has 21 heavy (non-hydrogen) atoms. The fourth-order valence-electron chi connectivity index (χ4n) is 3.17. The number of fused-ring (bicyclic) bond motifs is 1. The maximum Gasteiger partial charge on any atom is 0.119 e. The Labute approximate surface area is 126 Å². The first-order valence-electron chi connectivity index (χ1n) is 7.64. The highest BCUT2D eigenvalue weighted by atomic mass is 16.5. The average molecular weight is 285 g/mol. The van der Waals surface area contributed by atoms with Crippen LogP contribution in [0.2, 0.25) is 0 Å². The van der Waals surface area contributed by atoms with Gasteiger partial charge in [-0.3, -0.25) is 4.68 Å². The molecule has 1 N–H and O–H groups in total. The van der Waals surface area contributed by atoms with Crippen LogP contribution in [-0.2, 0) is 19.4 Å². The first-order chi connectivity index (χ1) is 10.2. The molecule has 0 fully saturated rings. The van der Waals surface area contributed by atoms with E-state index in [-0.39, 0.29) is 0 Å². The van der Waals surface area contributed by atoms with Gasteiger partial charge in [-0.1, -0.05) is 6.07 Å². The van der Waals surface area contributed by atoms with Gasteiger partial charge in [-0.2, -0.15) is 5.10 Å². The lowest BCUT2D eigenvalue weighted by Gasteiger charge is -2.27. The van der Waals surface area contributed by atoms with Gasteiger partial charge >= 0.3 is 0 Å². The summed E-state index contributed by atoms with van der Waals surface area (Å²) in [4.78, 5) is 0. The molecule has 2 aromatic rings. The van der Waals surface area contributed by atoms with Gasteiger partial charge in [0.05, 0.1) is 12.8 Å². The van der Waals surface area contributed by atoms with Crippen molar-refractivity contribution >= 4 is 0 Å². The van der Waals surface area contributed by atoms with E-state index in [1.807, 2.05) is 0 Å². The van der Waals surface area contributed by atoms with Gasteiger partial charge in [0.2, 0.25) is 0 Å². The second-order valence-electron chi connectivity index (χ2n) is 5.62. The van der Waals surface area contributed by atoms with Crippen LogP contribution in [0.4, 0.5) is 0 Å². The molecule has 1 unspecified atom stereocenters. The van der Waals surface area contributed by atoms with Gasteiger partial charge in [0.15, 0.2) is 0 Å². The zero-order chi connectivity index (χ0) is 14.8. The van der Waals surface area contributed by atoms with Crippen LogP contribution in [0.1, 0.15) is 35.5 Å². The molecule has 3 rings (SSSR count). The van der Waals surface area contributed by atoms with E-state index < -0.39 is 0 Å². The van der Waals surface area contributed by atoms with Gasteiger partial charge in [-0.25, -0.2) is 0 Å². The summed E-state index contributed by atoms with van der Waals surface area (Å²) in [5.74, 6) is 0.933. The Balaban J connectivity index is 1.90. The van der Waals surface area contributed by atoms with Crippen LogP contribution in [0.25, 0.3) is 0 Å². The largest absolute Gasteiger partial charge is 0.497 e. The zero-order valence-corrected chi connectivity index (χ0v) is 13.0. The Morgan fingerprint density at radius 2 is 2.24 bits per heavy atom. The minimum atomic E-state index is 0.338. The van der Waals surface area contributed by atoms with E-state index in [0.717, 1.165) is 37.4 Å². The quantitative estimate of drug-likeness (QED) is 0.938. The summed E-state index contributed by atoms with van der Waals surface area (Å²) in [6, 6.07) is 8.96. The lowest BCUT2D eigenvalue weighted by Crippen LogP contribution is -2.31. The third kappa shape index (κ3) is 2.81. The molecule has 0 aliphatic carbocycles. The van der Waals surface area contributed by atoms with Crippen LogP contribution in [0.3, 0.4) is 0 Å². The number of ether oxygens (including phenoxy) is 1. The van der Waals surface area contributed by atoms with E-state index in [0.29, 0.717) is 6.04 Å². The Bertz CT molecular complexity index is 633. The fourth-order valence-corrected chi connectivity index (χ4v) is 3.17. The van der Waals surface area contributed by atoms with Crippen molar-refractivity contribution in [3.05, 3.63) is 46.8 Å². The normalized spacial score (nSPS) is 17.6. The topological polar surface area (TPSA) is 39.1 Å². The lowest BCUT2D eigenvalue weighted by atomic mass is 9.91. The van der Waals surface area contributed by atoms with Crippen molar-refractivity contribution in [3.8, 4) is 5.75 Å². The number of nitrogens with one attached hydrogen (secondary N) is 1. The molecule has 1 aliphatic rings. The van der Waals surface area contributed by atoms with Gasteiger partial charge in [0.25, 0.3) is 0 Å². The van der Waals surface area contributed by atoms with E-state index in [1.54, 1.807) is 7.11 Å². The standard InChI is InChI=1S/C17H23N3O/c1-4-20-14(9-12(2)19-20)10-17-16-11-15(21-3)6-5-13(16)7-8-18-17/h5-6,9,11,17-18H,4,7-8,10H2,1-3H3. The molecule has 0 saturated heterocycles.